The van der Waals surface area contributed by atoms with Crippen LogP contribution in [0.5, 0.6) is 5.75 Å². The molecule has 3 rings (SSSR count). The summed E-state index contributed by atoms with van der Waals surface area (Å²) in [6.07, 6.45) is 3.09. The van der Waals surface area contributed by atoms with Crippen molar-refractivity contribution in [3.63, 3.8) is 0 Å². The van der Waals surface area contributed by atoms with Crippen LogP contribution in [-0.2, 0) is 10.0 Å². The molecule has 8 heteroatoms. The van der Waals surface area contributed by atoms with Gasteiger partial charge in [0.25, 0.3) is 5.91 Å². The van der Waals surface area contributed by atoms with E-state index < -0.39 is 15.9 Å². The smallest absolute Gasteiger partial charge is 0.257 e. The zero-order valence-corrected chi connectivity index (χ0v) is 14.6. The maximum absolute atomic E-state index is 12.6. The zero-order valence-electron chi connectivity index (χ0n) is 13.8. The molecule has 7 nitrogen and oxygen atoms in total. The molecule has 1 aromatic heterocycles. The van der Waals surface area contributed by atoms with Crippen molar-refractivity contribution < 1.29 is 18.3 Å². The van der Waals surface area contributed by atoms with Crippen molar-refractivity contribution in [3.05, 3.63) is 47.8 Å². The molecular formula is C17H19N3O4S. The SMILES string of the molecule is Cc1ccc(C(=O)Nc2cc(S(=O)(=O)N3CCCC3)ccc2O)cn1. The van der Waals surface area contributed by atoms with Gasteiger partial charge in [0, 0.05) is 25.0 Å². The van der Waals surface area contributed by atoms with Gasteiger partial charge < -0.3 is 10.4 Å². The molecule has 0 spiro atoms. The Balaban J connectivity index is 1.87. The fourth-order valence-electron chi connectivity index (χ4n) is 2.65. The Morgan fingerprint density at radius 1 is 1.20 bits per heavy atom. The van der Waals surface area contributed by atoms with Crippen molar-refractivity contribution in [2.24, 2.45) is 0 Å². The molecule has 1 fully saturated rings. The van der Waals surface area contributed by atoms with Crippen molar-refractivity contribution in [1.29, 1.82) is 0 Å². The quantitative estimate of drug-likeness (QED) is 0.813. The summed E-state index contributed by atoms with van der Waals surface area (Å²) >= 11 is 0. The zero-order chi connectivity index (χ0) is 18.0. The van der Waals surface area contributed by atoms with Gasteiger partial charge in [-0.25, -0.2) is 8.42 Å². The third-order valence-electron chi connectivity index (χ3n) is 4.09. The standard InChI is InChI=1S/C17H19N3O4S/c1-12-4-5-13(11-18-12)17(22)19-15-10-14(6-7-16(15)21)25(23,24)20-8-2-3-9-20/h4-7,10-11,21H,2-3,8-9H2,1H3,(H,19,22). The van der Waals surface area contributed by atoms with E-state index in [0.29, 0.717) is 18.7 Å². The molecule has 1 aromatic carbocycles. The number of carbonyl (C=O) groups excluding carboxylic acids is 1. The van der Waals surface area contributed by atoms with Crippen molar-refractivity contribution in [3.8, 4) is 5.75 Å². The topological polar surface area (TPSA) is 99.6 Å². The van der Waals surface area contributed by atoms with Gasteiger partial charge in [0.2, 0.25) is 10.0 Å². The van der Waals surface area contributed by atoms with E-state index in [-0.39, 0.29) is 16.3 Å². The van der Waals surface area contributed by atoms with Crippen molar-refractivity contribution in [2.45, 2.75) is 24.7 Å². The van der Waals surface area contributed by atoms with Crippen LogP contribution in [0, 0.1) is 6.92 Å². The van der Waals surface area contributed by atoms with E-state index in [4.69, 9.17) is 0 Å². The minimum Gasteiger partial charge on any atom is -0.506 e. The molecule has 0 atom stereocenters. The fourth-order valence-corrected chi connectivity index (χ4v) is 4.19. The fraction of sp³-hybridized carbons (Fsp3) is 0.294. The lowest BCUT2D eigenvalue weighted by molar-refractivity contribution is 0.102. The number of aryl methyl sites for hydroxylation is 1. The summed E-state index contributed by atoms with van der Waals surface area (Å²) in [6.45, 7) is 2.78. The van der Waals surface area contributed by atoms with Crippen molar-refractivity contribution >= 4 is 21.6 Å². The van der Waals surface area contributed by atoms with E-state index in [1.807, 2.05) is 0 Å². The third-order valence-corrected chi connectivity index (χ3v) is 5.99. The molecule has 0 bridgehead atoms. The summed E-state index contributed by atoms with van der Waals surface area (Å²) in [6, 6.07) is 7.20. The van der Waals surface area contributed by atoms with E-state index in [1.165, 1.54) is 28.7 Å². The highest BCUT2D eigenvalue weighted by molar-refractivity contribution is 7.89. The molecule has 25 heavy (non-hydrogen) atoms. The number of aromatic nitrogens is 1. The van der Waals surface area contributed by atoms with Crippen LogP contribution < -0.4 is 5.32 Å². The van der Waals surface area contributed by atoms with Gasteiger partial charge >= 0.3 is 0 Å². The van der Waals surface area contributed by atoms with E-state index in [1.54, 1.807) is 19.1 Å². The second-order valence-electron chi connectivity index (χ2n) is 5.93. The molecule has 1 aliphatic heterocycles. The Morgan fingerprint density at radius 3 is 2.56 bits per heavy atom. The Hall–Kier alpha value is -2.45. The number of benzene rings is 1. The van der Waals surface area contributed by atoms with Crippen LogP contribution in [0.4, 0.5) is 5.69 Å². The normalized spacial score (nSPS) is 15.2. The Bertz CT molecular complexity index is 889. The van der Waals surface area contributed by atoms with Crippen LogP contribution in [0.1, 0.15) is 28.9 Å². The molecule has 2 aromatic rings. The van der Waals surface area contributed by atoms with Crippen LogP contribution in [0.25, 0.3) is 0 Å². The molecule has 1 saturated heterocycles. The third kappa shape index (κ3) is 3.64. The lowest BCUT2D eigenvalue weighted by Gasteiger charge is -2.16. The van der Waals surface area contributed by atoms with Crippen LogP contribution in [0.2, 0.25) is 0 Å². The number of nitrogens with zero attached hydrogens (tertiary/aromatic N) is 2. The maximum Gasteiger partial charge on any atom is 0.257 e. The molecule has 2 heterocycles. The molecule has 132 valence electrons. The summed E-state index contributed by atoms with van der Waals surface area (Å²) in [5, 5.41) is 12.5. The predicted molar refractivity (Wildman–Crippen MR) is 93.0 cm³/mol. The molecule has 1 aliphatic rings. The second-order valence-corrected chi connectivity index (χ2v) is 7.87. The molecule has 0 radical (unpaired) electrons. The number of hydrogen-bond donors (Lipinski definition) is 2. The van der Waals surface area contributed by atoms with Gasteiger partial charge in [-0.2, -0.15) is 4.31 Å². The van der Waals surface area contributed by atoms with Gasteiger partial charge in [-0.15, -0.1) is 0 Å². The van der Waals surface area contributed by atoms with Gasteiger partial charge in [-0.3, -0.25) is 9.78 Å². The van der Waals surface area contributed by atoms with Gasteiger partial charge in [-0.05, 0) is 50.1 Å². The summed E-state index contributed by atoms with van der Waals surface area (Å²) in [5.74, 6) is -0.674. The number of rotatable bonds is 4. The minimum atomic E-state index is -3.63. The average Bonchev–Trinajstić information content (AvgIpc) is 3.12. The Labute approximate surface area is 146 Å². The van der Waals surface area contributed by atoms with E-state index >= 15 is 0 Å². The Morgan fingerprint density at radius 2 is 1.92 bits per heavy atom. The first-order chi connectivity index (χ1) is 11.9. The number of amides is 1. The highest BCUT2D eigenvalue weighted by atomic mass is 32.2. The van der Waals surface area contributed by atoms with Gasteiger partial charge in [0.15, 0.2) is 0 Å². The number of phenolic OH excluding ortho intramolecular Hbond substituents is 1. The first kappa shape index (κ1) is 17.4. The second kappa shape index (κ2) is 6.81. The number of carbonyl (C=O) groups is 1. The lowest BCUT2D eigenvalue weighted by atomic mass is 10.2. The first-order valence-corrected chi connectivity index (χ1v) is 9.39. The molecule has 2 N–H and O–H groups in total. The predicted octanol–water partition coefficient (Wildman–Crippen LogP) is 2.13. The van der Waals surface area contributed by atoms with E-state index in [9.17, 15) is 18.3 Å². The highest BCUT2D eigenvalue weighted by Crippen LogP contribution is 2.29. The first-order valence-electron chi connectivity index (χ1n) is 7.95. The summed E-state index contributed by atoms with van der Waals surface area (Å²) in [4.78, 5) is 16.4. The maximum atomic E-state index is 12.6. The van der Waals surface area contributed by atoms with Crippen LogP contribution in [-0.4, -0.2) is 41.8 Å². The van der Waals surface area contributed by atoms with Crippen LogP contribution in [0.3, 0.4) is 0 Å². The highest BCUT2D eigenvalue weighted by Gasteiger charge is 2.28. The average molecular weight is 361 g/mol. The van der Waals surface area contributed by atoms with E-state index in [0.717, 1.165) is 18.5 Å². The number of nitrogens with one attached hydrogen (secondary N) is 1. The van der Waals surface area contributed by atoms with Crippen molar-refractivity contribution in [1.82, 2.24) is 9.29 Å². The number of aromatic hydroxyl groups is 1. The summed E-state index contributed by atoms with van der Waals surface area (Å²) in [5.41, 5.74) is 1.14. The Kier molecular flexibility index (Phi) is 4.73. The lowest BCUT2D eigenvalue weighted by Crippen LogP contribution is -2.28. The number of anilines is 1. The van der Waals surface area contributed by atoms with Gasteiger partial charge in [0.1, 0.15) is 5.75 Å². The molecular weight excluding hydrogens is 342 g/mol. The monoisotopic (exact) mass is 361 g/mol. The van der Waals surface area contributed by atoms with Crippen LogP contribution in [0.15, 0.2) is 41.4 Å². The van der Waals surface area contributed by atoms with Crippen molar-refractivity contribution in [2.75, 3.05) is 18.4 Å². The number of phenols is 1. The van der Waals surface area contributed by atoms with Gasteiger partial charge in [0.05, 0.1) is 16.1 Å². The number of pyridine rings is 1. The molecule has 0 aliphatic carbocycles. The van der Waals surface area contributed by atoms with Crippen LogP contribution >= 0.6 is 0 Å². The molecule has 1 amide bonds. The largest absolute Gasteiger partial charge is 0.506 e. The number of hydrogen-bond acceptors (Lipinski definition) is 5. The van der Waals surface area contributed by atoms with E-state index in [2.05, 4.69) is 10.3 Å². The number of sulfonamides is 1. The summed E-state index contributed by atoms with van der Waals surface area (Å²) < 4.78 is 26.6. The molecule has 0 unspecified atom stereocenters. The minimum absolute atomic E-state index is 0.0459. The van der Waals surface area contributed by atoms with Gasteiger partial charge in [-0.1, -0.05) is 0 Å². The summed E-state index contributed by atoms with van der Waals surface area (Å²) in [7, 11) is -3.63. The molecule has 0 saturated carbocycles.